The summed E-state index contributed by atoms with van der Waals surface area (Å²) in [5, 5.41) is 17.5. The minimum atomic E-state index is -4.00. The van der Waals surface area contributed by atoms with Crippen LogP contribution in [-0.2, 0) is 26.0 Å². The number of aliphatic carboxylic acids is 1. The number of anilines is 3. The van der Waals surface area contributed by atoms with Crippen molar-refractivity contribution in [3.8, 4) is 0 Å². The van der Waals surface area contributed by atoms with Gasteiger partial charge in [0.25, 0.3) is 10.0 Å². The maximum absolute atomic E-state index is 12.7. The first-order chi connectivity index (χ1) is 20.0. The lowest BCUT2D eigenvalue weighted by Gasteiger charge is -2.18. The molecule has 5 N–H and O–H groups in total. The fourth-order valence-electron chi connectivity index (χ4n) is 4.12. The molecule has 1 aromatic heterocycles. The molecule has 220 valence electrons. The zero-order valence-corrected chi connectivity index (χ0v) is 23.8. The lowest BCUT2D eigenvalue weighted by atomic mass is 10.1. The number of benzene rings is 2. The molecule has 1 atom stereocenters. The molecule has 0 spiro atoms. The minimum absolute atomic E-state index is 0.0388. The fourth-order valence-corrected chi connectivity index (χ4v) is 5.47. The summed E-state index contributed by atoms with van der Waals surface area (Å²) >= 11 is 0. The van der Waals surface area contributed by atoms with Crippen molar-refractivity contribution in [2.75, 3.05) is 36.2 Å². The molecule has 0 bridgehead atoms. The number of carbonyl (C=O) groups is 3. The van der Waals surface area contributed by atoms with Crippen molar-refractivity contribution < 1.29 is 27.9 Å². The molecule has 14 heteroatoms. The second-order valence-corrected chi connectivity index (χ2v) is 11.5. The number of nitrogens with one attached hydrogen (secondary N) is 4. The molecule has 2 aromatic carbocycles. The first-order valence-corrected chi connectivity index (χ1v) is 14.4. The van der Waals surface area contributed by atoms with Gasteiger partial charge in [-0.05, 0) is 54.9 Å². The number of carboxylic acids is 1. The van der Waals surface area contributed by atoms with E-state index < -0.39 is 28.5 Å². The molecule has 1 aliphatic heterocycles. The Labute approximate surface area is 243 Å². The van der Waals surface area contributed by atoms with E-state index in [2.05, 4.69) is 30.6 Å². The zero-order valence-electron chi connectivity index (χ0n) is 23.0. The third-order valence-corrected chi connectivity index (χ3v) is 7.78. The smallest absolute Gasteiger partial charge is 0.323 e. The highest BCUT2D eigenvalue weighted by Gasteiger charge is 2.29. The standard InChI is InChI=1S/C28H31N7O6S/c1-18-5-3-4-6-22(18)32-28(39)31-21-10-7-19(8-11-21)13-25(36)33-24-12-9-20(15-29-24)23(14-27(37)38)34-42(40,41)26-16-35(2)17-30-26/h3-12,15,23,34H,13-14,16-17H2,1-2H3,(H,37,38)(H,29,33,36)(H2,31,32,39). The number of pyridine rings is 1. The highest BCUT2D eigenvalue weighted by Crippen LogP contribution is 2.20. The number of rotatable bonds is 10. The quantitative estimate of drug-likeness (QED) is 0.238. The van der Waals surface area contributed by atoms with Gasteiger partial charge in [-0.25, -0.2) is 22.9 Å². The molecule has 1 aliphatic rings. The van der Waals surface area contributed by atoms with Gasteiger partial charge in [-0.3, -0.25) is 19.5 Å². The molecular weight excluding hydrogens is 562 g/mol. The monoisotopic (exact) mass is 593 g/mol. The van der Waals surface area contributed by atoms with Crippen molar-refractivity contribution in [1.29, 1.82) is 0 Å². The van der Waals surface area contributed by atoms with Crippen molar-refractivity contribution in [1.82, 2.24) is 14.6 Å². The molecule has 0 radical (unpaired) electrons. The van der Waals surface area contributed by atoms with Crippen LogP contribution in [0.2, 0.25) is 0 Å². The number of hydrogen-bond acceptors (Lipinski definition) is 8. The van der Waals surface area contributed by atoms with Gasteiger partial charge in [-0.15, -0.1) is 0 Å². The summed E-state index contributed by atoms with van der Waals surface area (Å²) in [6.07, 6.45) is 0.849. The van der Waals surface area contributed by atoms with Gasteiger partial charge in [0.2, 0.25) is 5.91 Å². The van der Waals surface area contributed by atoms with Crippen molar-refractivity contribution >= 4 is 50.2 Å². The van der Waals surface area contributed by atoms with E-state index in [9.17, 15) is 27.9 Å². The van der Waals surface area contributed by atoms with Crippen LogP contribution < -0.4 is 20.7 Å². The van der Waals surface area contributed by atoms with Crippen molar-refractivity contribution in [3.05, 3.63) is 83.6 Å². The Morgan fingerprint density at radius 2 is 1.74 bits per heavy atom. The minimum Gasteiger partial charge on any atom is -0.481 e. The Bertz CT molecular complexity index is 1590. The Morgan fingerprint density at radius 1 is 1.00 bits per heavy atom. The van der Waals surface area contributed by atoms with Gasteiger partial charge in [-0.1, -0.05) is 36.4 Å². The van der Waals surface area contributed by atoms with Crippen molar-refractivity contribution in [2.45, 2.75) is 25.8 Å². The SMILES string of the molecule is Cc1ccccc1NC(=O)Nc1ccc(CC(=O)Nc2ccc(C(CC(=O)O)NS(=O)(=O)C3=NCN(C)C3)cn2)cc1. The van der Waals surface area contributed by atoms with E-state index in [0.29, 0.717) is 22.5 Å². The van der Waals surface area contributed by atoms with Gasteiger partial charge in [0.05, 0.1) is 32.1 Å². The van der Waals surface area contributed by atoms with E-state index in [0.717, 1.165) is 5.56 Å². The number of carbonyl (C=O) groups excluding carboxylic acids is 2. The average molecular weight is 594 g/mol. The van der Waals surface area contributed by atoms with Crippen LogP contribution >= 0.6 is 0 Å². The van der Waals surface area contributed by atoms with Crippen LogP contribution in [0.1, 0.15) is 29.2 Å². The number of nitrogens with zero attached hydrogens (tertiary/aromatic N) is 3. The van der Waals surface area contributed by atoms with Gasteiger partial charge in [0.1, 0.15) is 5.82 Å². The topological polar surface area (TPSA) is 182 Å². The lowest BCUT2D eigenvalue weighted by molar-refractivity contribution is -0.137. The number of amides is 3. The van der Waals surface area contributed by atoms with Crippen molar-refractivity contribution in [3.63, 3.8) is 0 Å². The summed E-state index contributed by atoms with van der Waals surface area (Å²) in [6.45, 7) is 2.26. The van der Waals surface area contributed by atoms with Gasteiger partial charge >= 0.3 is 12.0 Å². The van der Waals surface area contributed by atoms with Crippen LogP contribution in [0.5, 0.6) is 0 Å². The molecule has 42 heavy (non-hydrogen) atoms. The Hall–Kier alpha value is -4.66. The number of hydrogen-bond donors (Lipinski definition) is 5. The van der Waals surface area contributed by atoms with Gasteiger partial charge < -0.3 is 21.1 Å². The van der Waals surface area contributed by atoms with E-state index >= 15 is 0 Å². The van der Waals surface area contributed by atoms with Gasteiger partial charge in [-0.2, -0.15) is 0 Å². The number of urea groups is 1. The molecule has 0 aliphatic carbocycles. The van der Waals surface area contributed by atoms with Crippen LogP contribution in [0.3, 0.4) is 0 Å². The number of para-hydroxylation sites is 1. The van der Waals surface area contributed by atoms with Crippen LogP contribution in [-0.4, -0.2) is 66.6 Å². The number of aryl methyl sites for hydroxylation is 1. The molecule has 0 saturated heterocycles. The van der Waals surface area contributed by atoms with E-state index in [4.69, 9.17) is 0 Å². The number of sulfonamides is 1. The molecule has 13 nitrogen and oxygen atoms in total. The molecule has 4 rings (SSSR count). The Kier molecular flexibility index (Phi) is 9.62. The van der Waals surface area contributed by atoms with Crippen LogP contribution in [0.4, 0.5) is 22.0 Å². The number of aliphatic imine (C=N–C) groups is 1. The maximum atomic E-state index is 12.7. The molecule has 3 amide bonds. The van der Waals surface area contributed by atoms with E-state index in [1.807, 2.05) is 25.1 Å². The maximum Gasteiger partial charge on any atom is 0.323 e. The van der Waals surface area contributed by atoms with Crippen LogP contribution in [0.25, 0.3) is 0 Å². The third-order valence-electron chi connectivity index (χ3n) is 6.31. The van der Waals surface area contributed by atoms with Crippen molar-refractivity contribution in [2.24, 2.45) is 4.99 Å². The van der Waals surface area contributed by atoms with Gasteiger partial charge in [0.15, 0.2) is 5.04 Å². The zero-order chi connectivity index (χ0) is 30.3. The summed E-state index contributed by atoms with van der Waals surface area (Å²) < 4.78 is 27.9. The summed E-state index contributed by atoms with van der Waals surface area (Å²) in [7, 11) is -2.28. The normalized spacial score (nSPS) is 14.1. The highest BCUT2D eigenvalue weighted by atomic mass is 32.2. The third kappa shape index (κ3) is 8.42. The fraction of sp³-hybridized carbons (Fsp3) is 0.250. The Morgan fingerprint density at radius 3 is 2.36 bits per heavy atom. The number of carboxylic acid groups (broad SMARTS) is 1. The van der Waals surface area contributed by atoms with E-state index in [1.165, 1.54) is 18.3 Å². The van der Waals surface area contributed by atoms with E-state index in [1.54, 1.807) is 42.3 Å². The first-order valence-electron chi connectivity index (χ1n) is 12.9. The summed E-state index contributed by atoms with van der Waals surface area (Å²) in [5.41, 5.74) is 3.22. The molecule has 3 aromatic rings. The number of aromatic nitrogens is 1. The molecule has 2 heterocycles. The summed E-state index contributed by atoms with van der Waals surface area (Å²) in [5.74, 6) is -1.33. The summed E-state index contributed by atoms with van der Waals surface area (Å²) in [6, 6.07) is 15.7. The highest BCUT2D eigenvalue weighted by molar-refractivity contribution is 8.04. The first kappa shape index (κ1) is 30.3. The molecular formula is C28H31N7O6S. The van der Waals surface area contributed by atoms with E-state index in [-0.39, 0.29) is 42.4 Å². The molecule has 0 fully saturated rings. The summed E-state index contributed by atoms with van der Waals surface area (Å²) in [4.78, 5) is 46.2. The molecule has 0 saturated carbocycles. The molecule has 1 unspecified atom stereocenters. The largest absolute Gasteiger partial charge is 0.481 e. The predicted octanol–water partition coefficient (Wildman–Crippen LogP) is 2.95. The predicted molar refractivity (Wildman–Crippen MR) is 159 cm³/mol. The van der Waals surface area contributed by atoms with Gasteiger partial charge in [0, 0.05) is 17.6 Å². The lowest BCUT2D eigenvalue weighted by Crippen LogP contribution is -2.37. The van der Waals surface area contributed by atoms with Crippen LogP contribution in [0, 0.1) is 6.92 Å². The van der Waals surface area contributed by atoms with Crippen LogP contribution in [0.15, 0.2) is 71.9 Å². The second kappa shape index (κ2) is 13.3. The Balaban J connectivity index is 1.32. The second-order valence-electron chi connectivity index (χ2n) is 9.77. The average Bonchev–Trinajstić information content (AvgIpc) is 3.38.